The Morgan fingerprint density at radius 3 is 2.00 bits per heavy atom. The monoisotopic (exact) mass is 734 g/mol. The third-order valence-electron chi connectivity index (χ3n) is 11.6. The van der Waals surface area contributed by atoms with Crippen molar-refractivity contribution in [2.24, 2.45) is 5.92 Å². The molecule has 1 amide bonds. The smallest absolute Gasteiger partial charge is 0.343 e. The Kier molecular flexibility index (Phi) is 10.3. The minimum absolute atomic E-state index is 0.0973. The van der Waals surface area contributed by atoms with Crippen molar-refractivity contribution < 1.29 is 14.0 Å². The minimum atomic E-state index is -2.02. The van der Waals surface area contributed by atoms with E-state index < -0.39 is 18.8 Å². The van der Waals surface area contributed by atoms with Crippen LogP contribution >= 0.6 is 7.26 Å². The number of rotatable bonds is 10. The lowest BCUT2D eigenvalue weighted by Crippen LogP contribution is -2.41. The summed E-state index contributed by atoms with van der Waals surface area (Å²) < 4.78 is 5.91. The fraction of sp³-hybridized carbons (Fsp3) is 0.304. The fourth-order valence-corrected chi connectivity index (χ4v) is 13.4. The lowest BCUT2D eigenvalue weighted by atomic mass is 9.89. The average Bonchev–Trinajstić information content (AvgIpc) is 3.23. The van der Waals surface area contributed by atoms with Gasteiger partial charge in [-0.1, -0.05) is 54.6 Å². The number of fused-ring (bicyclic) bond motifs is 2. The maximum Gasteiger partial charge on any atom is 0.343 e. The topological polar surface area (TPSA) is 94.6 Å². The Morgan fingerprint density at radius 2 is 1.41 bits per heavy atom. The summed E-state index contributed by atoms with van der Waals surface area (Å²) in [6.45, 7) is 2.83. The highest BCUT2D eigenvalue weighted by Crippen LogP contribution is 2.56. The number of anilines is 1. The molecule has 272 valence electrons. The largest absolute Gasteiger partial charge is 0.422 e. The van der Waals surface area contributed by atoms with Gasteiger partial charge in [0, 0.05) is 55.2 Å². The fourth-order valence-electron chi connectivity index (χ4n) is 9.01. The van der Waals surface area contributed by atoms with Gasteiger partial charge in [-0.25, -0.2) is 4.79 Å². The summed E-state index contributed by atoms with van der Waals surface area (Å²) in [4.78, 5) is 44.6. The molecule has 3 aliphatic heterocycles. The lowest BCUT2D eigenvalue weighted by Gasteiger charge is -2.37. The number of carbonyl (C=O) groups excluding carboxylic acids is 2. The van der Waals surface area contributed by atoms with Crippen LogP contribution in [0, 0.1) is 17.2 Å². The number of carbonyl (C=O) groups is 2. The molecule has 7 nitrogen and oxygen atoms in total. The van der Waals surface area contributed by atoms with Crippen molar-refractivity contribution in [3.8, 4) is 6.07 Å². The van der Waals surface area contributed by atoms with Crippen molar-refractivity contribution in [2.45, 2.75) is 51.4 Å². The van der Waals surface area contributed by atoms with Crippen LogP contribution in [0.1, 0.15) is 55.2 Å². The Labute approximate surface area is 317 Å². The summed E-state index contributed by atoms with van der Waals surface area (Å²) in [7, 11) is -2.02. The molecule has 5 aromatic rings. The van der Waals surface area contributed by atoms with E-state index in [2.05, 4.69) is 102 Å². The molecule has 4 heterocycles. The number of hydrogen-bond acceptors (Lipinski definition) is 6. The van der Waals surface area contributed by atoms with Crippen LogP contribution in [-0.2, 0) is 22.4 Å². The first-order valence-electron chi connectivity index (χ1n) is 19.3. The molecule has 0 saturated carbocycles. The van der Waals surface area contributed by atoms with Gasteiger partial charge >= 0.3 is 5.63 Å². The van der Waals surface area contributed by atoms with Crippen LogP contribution in [0.25, 0.3) is 17.0 Å². The number of piperidine rings is 1. The summed E-state index contributed by atoms with van der Waals surface area (Å²) in [6.07, 6.45) is 8.59. The quantitative estimate of drug-likeness (QED) is 0.0666. The van der Waals surface area contributed by atoms with Crippen LogP contribution < -0.4 is 26.4 Å². The molecule has 0 N–H and O–H groups in total. The highest BCUT2D eigenvalue weighted by Gasteiger charge is 2.45. The zero-order valence-corrected chi connectivity index (χ0v) is 31.5. The van der Waals surface area contributed by atoms with E-state index in [0.717, 1.165) is 62.3 Å². The number of likely N-dealkylation sites (tertiary alicyclic amines) is 1. The molecule has 8 heteroatoms. The lowest BCUT2D eigenvalue weighted by molar-refractivity contribution is -0.131. The number of aryl methyl sites for hydroxylation is 2. The zero-order chi connectivity index (χ0) is 37.1. The first-order valence-corrected chi connectivity index (χ1v) is 21.3. The molecular formula is C46H45N3O4P+. The Hall–Kier alpha value is -5.31. The highest BCUT2D eigenvalue weighted by atomic mass is 31.2. The maximum atomic E-state index is 13.7. The third-order valence-corrected chi connectivity index (χ3v) is 16.2. The van der Waals surface area contributed by atoms with Gasteiger partial charge in [0.15, 0.2) is 0 Å². The normalized spacial score (nSPS) is 16.2. The molecule has 0 aliphatic carbocycles. The molecule has 4 aromatic carbocycles. The number of hydrogen-bond donors (Lipinski definition) is 0. The van der Waals surface area contributed by atoms with E-state index in [-0.39, 0.29) is 22.8 Å². The molecule has 54 heavy (non-hydrogen) atoms. The van der Waals surface area contributed by atoms with E-state index in [1.54, 1.807) is 11.0 Å². The number of ketones is 1. The van der Waals surface area contributed by atoms with Gasteiger partial charge in [-0.2, -0.15) is 5.26 Å². The molecule has 1 aromatic heterocycles. The average molecular weight is 735 g/mol. The zero-order valence-electron chi connectivity index (χ0n) is 30.6. The molecule has 0 spiro atoms. The maximum absolute atomic E-state index is 13.7. The van der Waals surface area contributed by atoms with E-state index in [9.17, 15) is 19.6 Å². The van der Waals surface area contributed by atoms with Gasteiger partial charge in [0.05, 0.1) is 11.7 Å². The number of Topliss-reactive ketones (excluding diaryl/α,β-unsaturated/α-hetero) is 1. The predicted molar refractivity (Wildman–Crippen MR) is 218 cm³/mol. The van der Waals surface area contributed by atoms with Gasteiger partial charge in [-0.3, -0.25) is 9.59 Å². The summed E-state index contributed by atoms with van der Waals surface area (Å²) in [5.41, 5.74) is 3.77. The molecule has 8 rings (SSSR count). The second-order valence-electron chi connectivity index (χ2n) is 14.8. The van der Waals surface area contributed by atoms with Crippen molar-refractivity contribution in [1.82, 2.24) is 4.90 Å². The first kappa shape index (κ1) is 35.7. The van der Waals surface area contributed by atoms with Crippen LogP contribution in [0.3, 0.4) is 0 Å². The van der Waals surface area contributed by atoms with Crippen molar-refractivity contribution in [3.05, 3.63) is 136 Å². The van der Waals surface area contributed by atoms with Gasteiger partial charge in [-0.05, 0) is 105 Å². The minimum Gasteiger partial charge on any atom is -0.422 e. The van der Waals surface area contributed by atoms with E-state index in [1.807, 2.05) is 6.07 Å². The summed E-state index contributed by atoms with van der Waals surface area (Å²) in [5, 5.41) is 14.8. The van der Waals surface area contributed by atoms with E-state index >= 15 is 0 Å². The third kappa shape index (κ3) is 6.80. The second kappa shape index (κ2) is 15.6. The van der Waals surface area contributed by atoms with Gasteiger partial charge in [0.25, 0.3) is 5.91 Å². The Balaban J connectivity index is 0.944. The number of benzene rings is 4. The van der Waals surface area contributed by atoms with Crippen LogP contribution in [0.4, 0.5) is 5.69 Å². The summed E-state index contributed by atoms with van der Waals surface area (Å²) >= 11 is 0. The molecule has 1 fully saturated rings. The van der Waals surface area contributed by atoms with Crippen LogP contribution in [0.15, 0.2) is 118 Å². The molecule has 0 unspecified atom stereocenters. The summed E-state index contributed by atoms with van der Waals surface area (Å²) in [5.74, 6) is -0.303. The molecule has 3 aliphatic rings. The van der Waals surface area contributed by atoms with Crippen LogP contribution in [0.2, 0.25) is 0 Å². The summed E-state index contributed by atoms with van der Waals surface area (Å²) in [6, 6.07) is 38.1. The van der Waals surface area contributed by atoms with Crippen molar-refractivity contribution in [1.29, 1.82) is 5.26 Å². The van der Waals surface area contributed by atoms with Gasteiger partial charge in [0.1, 0.15) is 46.2 Å². The van der Waals surface area contributed by atoms with Crippen LogP contribution in [0.5, 0.6) is 0 Å². The first-order chi connectivity index (χ1) is 26.5. The molecule has 0 atom stereocenters. The van der Waals surface area contributed by atoms with Crippen molar-refractivity contribution in [3.63, 3.8) is 0 Å². The molecule has 1 saturated heterocycles. The van der Waals surface area contributed by atoms with Crippen LogP contribution in [-0.4, -0.2) is 48.9 Å². The van der Waals surface area contributed by atoms with Gasteiger partial charge in [0.2, 0.25) is 0 Å². The van der Waals surface area contributed by atoms with Crippen molar-refractivity contribution in [2.75, 3.05) is 37.2 Å². The molecule has 0 radical (unpaired) electrons. The number of nitrogens with zero attached hydrogens (tertiary/aromatic N) is 3. The van der Waals surface area contributed by atoms with E-state index in [1.165, 1.54) is 33.2 Å². The predicted octanol–water partition coefficient (Wildman–Crippen LogP) is 6.98. The SMILES string of the molecule is N#CC(=Cc1cc2cc3c4c(c2oc1=O)CCCN4CCC3)C(=O)N1CCC(C(=O)CCC[P+](c2ccccc2)(c2ccccc2)c2ccccc2)CC1. The second-order valence-corrected chi connectivity index (χ2v) is 18.4. The van der Waals surface area contributed by atoms with E-state index in [4.69, 9.17) is 4.42 Å². The number of nitriles is 1. The molecule has 0 bridgehead atoms. The Morgan fingerprint density at radius 1 is 0.815 bits per heavy atom. The van der Waals surface area contributed by atoms with Gasteiger partial charge < -0.3 is 14.2 Å². The standard InChI is InChI=1S/C46H45N3O4P/c47-32-37(31-36-30-35-29-34-13-10-24-48-25-11-20-41(43(34)48)44(35)53-46(36)52)45(51)49-26-22-33(23-27-49)42(50)21-12-28-54(38-14-4-1-5-15-38,39-16-6-2-7-17-39)40-18-8-3-9-19-40/h1-9,14-19,29-31,33H,10-13,20-28H2/q+1. The van der Waals surface area contributed by atoms with Gasteiger partial charge in [-0.15, -0.1) is 0 Å². The van der Waals surface area contributed by atoms with Crippen molar-refractivity contribution >= 4 is 57.6 Å². The molecular weight excluding hydrogens is 689 g/mol. The van der Waals surface area contributed by atoms with E-state index in [0.29, 0.717) is 37.9 Å². The Bertz CT molecular complexity index is 2210. The number of amides is 1. The highest BCUT2D eigenvalue weighted by molar-refractivity contribution is 7.95.